The summed E-state index contributed by atoms with van der Waals surface area (Å²) in [6.07, 6.45) is -0.0233. The number of hydrogen-bond donors (Lipinski definition) is 1. The van der Waals surface area contributed by atoms with E-state index in [1.807, 2.05) is 36.4 Å². The highest BCUT2D eigenvalue weighted by Crippen LogP contribution is 2.38. The van der Waals surface area contributed by atoms with Gasteiger partial charge in [0.05, 0.1) is 25.4 Å². The minimum atomic E-state index is -0.0233. The average Bonchev–Trinajstić information content (AvgIpc) is 3.45. The molecule has 2 aromatic carbocycles. The second-order valence-electron chi connectivity index (χ2n) is 7.41. The molecule has 2 aromatic heterocycles. The van der Waals surface area contributed by atoms with Gasteiger partial charge in [0.1, 0.15) is 22.8 Å². The van der Waals surface area contributed by atoms with Crippen LogP contribution >= 0.6 is 11.6 Å². The molecular formula is C23H21ClN4O4. The van der Waals surface area contributed by atoms with Crippen LogP contribution in [0.25, 0.3) is 34.2 Å². The molecule has 8 nitrogen and oxygen atoms in total. The van der Waals surface area contributed by atoms with Gasteiger partial charge in [-0.2, -0.15) is 0 Å². The number of aryl methyl sites for hydroxylation is 1. The maximum Gasteiger partial charge on any atom is 0.254 e. The van der Waals surface area contributed by atoms with E-state index < -0.39 is 0 Å². The number of methoxy groups -OCH3 is 1. The van der Waals surface area contributed by atoms with Crippen molar-refractivity contribution < 1.29 is 18.4 Å². The number of hydrogen-bond acceptors (Lipinski definition) is 8. The van der Waals surface area contributed by atoms with Gasteiger partial charge in [0, 0.05) is 23.7 Å². The van der Waals surface area contributed by atoms with Crippen LogP contribution in [0, 0.1) is 6.92 Å². The van der Waals surface area contributed by atoms with Crippen molar-refractivity contribution in [3.63, 3.8) is 0 Å². The van der Waals surface area contributed by atoms with Crippen molar-refractivity contribution in [3.05, 3.63) is 58.8 Å². The molecule has 9 heteroatoms. The Morgan fingerprint density at radius 3 is 2.78 bits per heavy atom. The van der Waals surface area contributed by atoms with Crippen LogP contribution in [0.5, 0.6) is 5.75 Å². The van der Waals surface area contributed by atoms with Crippen LogP contribution in [-0.4, -0.2) is 42.2 Å². The predicted molar refractivity (Wildman–Crippen MR) is 119 cm³/mol. The van der Waals surface area contributed by atoms with Crippen LogP contribution < -0.4 is 10.1 Å². The zero-order valence-electron chi connectivity index (χ0n) is 17.6. The molecule has 1 aliphatic heterocycles. The van der Waals surface area contributed by atoms with Gasteiger partial charge < -0.3 is 23.7 Å². The van der Waals surface area contributed by atoms with E-state index in [0.29, 0.717) is 51.7 Å². The Hall–Kier alpha value is -3.20. The van der Waals surface area contributed by atoms with Crippen molar-refractivity contribution >= 4 is 11.6 Å². The fourth-order valence-electron chi connectivity index (χ4n) is 3.75. The zero-order valence-corrected chi connectivity index (χ0v) is 18.3. The molecule has 0 radical (unpaired) electrons. The number of aromatic nitrogens is 3. The fourth-order valence-corrected chi connectivity index (χ4v) is 3.94. The van der Waals surface area contributed by atoms with Crippen molar-refractivity contribution in [3.8, 4) is 39.9 Å². The SMILES string of the molecule is COc1cc(C2CNCCO2)ccc1-c1nnc(-c2c(-c3cccc(Cl)c3)noc2C)o1. The van der Waals surface area contributed by atoms with Gasteiger partial charge in [-0.25, -0.2) is 0 Å². The van der Waals surface area contributed by atoms with Crippen LogP contribution in [-0.2, 0) is 4.74 Å². The third-order valence-corrected chi connectivity index (χ3v) is 5.59. The van der Waals surface area contributed by atoms with Crippen LogP contribution in [0.4, 0.5) is 0 Å². The highest BCUT2D eigenvalue weighted by Gasteiger charge is 2.24. The molecule has 1 fully saturated rings. The summed E-state index contributed by atoms with van der Waals surface area (Å²) in [6, 6.07) is 13.2. The molecule has 1 atom stereocenters. The Balaban J connectivity index is 1.50. The van der Waals surface area contributed by atoms with Crippen molar-refractivity contribution in [2.75, 3.05) is 26.8 Å². The van der Waals surface area contributed by atoms with Gasteiger partial charge >= 0.3 is 0 Å². The summed E-state index contributed by atoms with van der Waals surface area (Å²) < 4.78 is 22.9. The molecule has 0 bridgehead atoms. The van der Waals surface area contributed by atoms with Gasteiger partial charge in [0.15, 0.2) is 0 Å². The lowest BCUT2D eigenvalue weighted by molar-refractivity contribution is 0.0276. The quantitative estimate of drug-likeness (QED) is 0.466. The molecule has 1 N–H and O–H groups in total. The lowest BCUT2D eigenvalue weighted by atomic mass is 10.0. The van der Waals surface area contributed by atoms with Gasteiger partial charge in [-0.3, -0.25) is 0 Å². The van der Waals surface area contributed by atoms with Crippen LogP contribution in [0.1, 0.15) is 17.4 Å². The molecule has 164 valence electrons. The molecule has 1 aliphatic rings. The minimum Gasteiger partial charge on any atom is -0.496 e. The molecule has 1 saturated heterocycles. The monoisotopic (exact) mass is 452 g/mol. The topological polar surface area (TPSA) is 95.4 Å². The van der Waals surface area contributed by atoms with Gasteiger partial charge in [0.25, 0.3) is 11.8 Å². The van der Waals surface area contributed by atoms with Gasteiger partial charge in [-0.1, -0.05) is 35.0 Å². The van der Waals surface area contributed by atoms with Crippen LogP contribution in [0.15, 0.2) is 51.4 Å². The molecule has 0 aliphatic carbocycles. The Bertz CT molecular complexity index is 1250. The molecule has 0 amide bonds. The van der Waals surface area contributed by atoms with Gasteiger partial charge in [-0.05, 0) is 36.8 Å². The minimum absolute atomic E-state index is 0.0233. The molecule has 3 heterocycles. The van der Waals surface area contributed by atoms with Crippen molar-refractivity contribution in [2.24, 2.45) is 0 Å². The summed E-state index contributed by atoms with van der Waals surface area (Å²) in [6.45, 7) is 4.09. The highest BCUT2D eigenvalue weighted by molar-refractivity contribution is 6.30. The predicted octanol–water partition coefficient (Wildman–Crippen LogP) is 4.69. The molecular weight excluding hydrogens is 432 g/mol. The second-order valence-corrected chi connectivity index (χ2v) is 7.84. The van der Waals surface area contributed by atoms with Gasteiger partial charge in [0.2, 0.25) is 0 Å². The smallest absolute Gasteiger partial charge is 0.254 e. The lowest BCUT2D eigenvalue weighted by Gasteiger charge is -2.24. The van der Waals surface area contributed by atoms with Crippen molar-refractivity contribution in [1.82, 2.24) is 20.7 Å². The number of morpholine rings is 1. The molecule has 1 unspecified atom stereocenters. The third kappa shape index (κ3) is 3.88. The van der Waals surface area contributed by atoms with E-state index in [4.69, 9.17) is 30.0 Å². The third-order valence-electron chi connectivity index (χ3n) is 5.36. The molecule has 32 heavy (non-hydrogen) atoms. The van der Waals surface area contributed by atoms with E-state index in [2.05, 4.69) is 20.7 Å². The largest absolute Gasteiger partial charge is 0.496 e. The van der Waals surface area contributed by atoms with E-state index in [9.17, 15) is 0 Å². The summed E-state index contributed by atoms with van der Waals surface area (Å²) in [5.41, 5.74) is 3.73. The number of rotatable bonds is 5. The van der Waals surface area contributed by atoms with Crippen LogP contribution in [0.3, 0.4) is 0 Å². The summed E-state index contributed by atoms with van der Waals surface area (Å²) >= 11 is 6.15. The summed E-state index contributed by atoms with van der Waals surface area (Å²) in [5.74, 6) is 1.84. The molecule has 0 spiro atoms. The summed E-state index contributed by atoms with van der Waals surface area (Å²) in [5, 5.41) is 16.6. The number of ether oxygens (including phenoxy) is 2. The van der Waals surface area contributed by atoms with E-state index in [-0.39, 0.29) is 6.10 Å². The first kappa shape index (κ1) is 20.7. The molecule has 4 aromatic rings. The standard InChI is InChI=1S/C23H21ClN4O4/c1-13-20(21(28-32-13)15-4-3-5-16(24)10-15)23-27-26-22(31-23)17-7-6-14(11-18(17)29-2)19-12-25-8-9-30-19/h3-7,10-11,19,25H,8-9,12H2,1-2H3. The maximum absolute atomic E-state index is 6.15. The van der Waals surface area contributed by atoms with E-state index in [1.54, 1.807) is 20.1 Å². The van der Waals surface area contributed by atoms with E-state index >= 15 is 0 Å². The molecule has 5 rings (SSSR count). The first-order valence-corrected chi connectivity index (χ1v) is 10.6. The van der Waals surface area contributed by atoms with Crippen molar-refractivity contribution in [1.29, 1.82) is 0 Å². The van der Waals surface area contributed by atoms with Gasteiger partial charge in [-0.15, -0.1) is 10.2 Å². The lowest BCUT2D eigenvalue weighted by Crippen LogP contribution is -2.33. The first-order valence-electron chi connectivity index (χ1n) is 10.2. The Morgan fingerprint density at radius 1 is 1.12 bits per heavy atom. The normalized spacial score (nSPS) is 16.3. The molecule has 0 saturated carbocycles. The second kappa shape index (κ2) is 8.74. The number of halogens is 1. The van der Waals surface area contributed by atoms with Crippen molar-refractivity contribution in [2.45, 2.75) is 13.0 Å². The van der Waals surface area contributed by atoms with E-state index in [1.165, 1.54) is 0 Å². The highest BCUT2D eigenvalue weighted by atomic mass is 35.5. The maximum atomic E-state index is 6.15. The number of benzene rings is 2. The Morgan fingerprint density at radius 2 is 2.00 bits per heavy atom. The summed E-state index contributed by atoms with van der Waals surface area (Å²) in [7, 11) is 1.61. The summed E-state index contributed by atoms with van der Waals surface area (Å²) in [4.78, 5) is 0. The van der Waals surface area contributed by atoms with E-state index in [0.717, 1.165) is 24.2 Å². The fraction of sp³-hybridized carbons (Fsp3) is 0.261. The first-order chi connectivity index (χ1) is 15.6. The Labute approximate surface area is 189 Å². The van der Waals surface area contributed by atoms with Crippen LogP contribution in [0.2, 0.25) is 5.02 Å². The zero-order chi connectivity index (χ0) is 22.1. The number of nitrogens with one attached hydrogen (secondary N) is 1. The Kier molecular flexibility index (Phi) is 5.65. The average molecular weight is 453 g/mol. The number of nitrogens with zero attached hydrogens (tertiary/aromatic N) is 3.